The lowest BCUT2D eigenvalue weighted by molar-refractivity contribution is 0.551. The molecule has 1 aromatic carbocycles. The predicted octanol–water partition coefficient (Wildman–Crippen LogP) is 3.38. The molecule has 2 nitrogen and oxygen atoms in total. The van der Waals surface area contributed by atoms with E-state index in [2.05, 4.69) is 0 Å². The van der Waals surface area contributed by atoms with Gasteiger partial charge in [-0.25, -0.2) is 4.79 Å². The van der Waals surface area contributed by atoms with E-state index < -0.39 is 0 Å². The third-order valence-electron chi connectivity index (χ3n) is 2.09. The summed E-state index contributed by atoms with van der Waals surface area (Å²) in [6.07, 6.45) is 0.715. The zero-order valence-corrected chi connectivity index (χ0v) is 9.41. The van der Waals surface area contributed by atoms with Gasteiger partial charge >= 0.3 is 5.63 Å². The Morgan fingerprint density at radius 2 is 1.87 bits per heavy atom. The normalized spacial score (nSPS) is 9.53. The summed E-state index contributed by atoms with van der Waals surface area (Å²) in [5.74, 6) is 0. The van der Waals surface area contributed by atoms with Gasteiger partial charge < -0.3 is 4.42 Å². The fraction of sp³-hybridized carbons (Fsp3) is 0.308. The lowest BCUT2D eigenvalue weighted by atomic mass is 10.1. The largest absolute Gasteiger partial charge is 0.423 e. The highest BCUT2D eigenvalue weighted by Gasteiger charge is 2.01. The van der Waals surface area contributed by atoms with E-state index in [4.69, 9.17) is 4.42 Å². The highest BCUT2D eigenvalue weighted by molar-refractivity contribution is 5.76. The van der Waals surface area contributed by atoms with Crippen LogP contribution in [0.1, 0.15) is 26.3 Å². The fourth-order valence-corrected chi connectivity index (χ4v) is 1.35. The zero-order chi connectivity index (χ0) is 11.3. The summed E-state index contributed by atoms with van der Waals surface area (Å²) >= 11 is 0. The average molecular weight is 204 g/mol. The van der Waals surface area contributed by atoms with Crippen LogP contribution in [-0.4, -0.2) is 0 Å². The van der Waals surface area contributed by atoms with Gasteiger partial charge in [0.25, 0.3) is 0 Å². The van der Waals surface area contributed by atoms with E-state index >= 15 is 0 Å². The van der Waals surface area contributed by atoms with Crippen molar-refractivity contribution in [3.8, 4) is 0 Å². The molecule has 0 aliphatic heterocycles. The van der Waals surface area contributed by atoms with Gasteiger partial charge in [-0.3, -0.25) is 0 Å². The number of hydrogen-bond acceptors (Lipinski definition) is 2. The van der Waals surface area contributed by atoms with Crippen LogP contribution in [0.3, 0.4) is 0 Å². The Morgan fingerprint density at radius 3 is 2.53 bits per heavy atom. The molecule has 0 saturated heterocycles. The molecule has 0 aliphatic carbocycles. The summed E-state index contributed by atoms with van der Waals surface area (Å²) in [7, 11) is 0. The number of para-hydroxylation sites is 1. The molecule has 15 heavy (non-hydrogen) atoms. The molecule has 0 atom stereocenters. The second kappa shape index (κ2) is 5.35. The number of fused-ring (bicyclic) bond motifs is 1. The minimum absolute atomic E-state index is 0.221. The van der Waals surface area contributed by atoms with E-state index in [1.165, 1.54) is 0 Å². The van der Waals surface area contributed by atoms with Crippen molar-refractivity contribution in [2.45, 2.75) is 27.2 Å². The molecule has 0 unspecified atom stereocenters. The third kappa shape index (κ3) is 2.46. The molecule has 0 aliphatic rings. The maximum atomic E-state index is 11.3. The highest BCUT2D eigenvalue weighted by atomic mass is 16.4. The highest BCUT2D eigenvalue weighted by Crippen LogP contribution is 2.12. The number of benzene rings is 1. The predicted molar refractivity (Wildman–Crippen MR) is 63.2 cm³/mol. The van der Waals surface area contributed by atoms with Crippen LogP contribution >= 0.6 is 0 Å². The molecule has 2 rings (SSSR count). The minimum Gasteiger partial charge on any atom is -0.423 e. The van der Waals surface area contributed by atoms with Crippen molar-refractivity contribution >= 4 is 11.0 Å². The van der Waals surface area contributed by atoms with Crippen LogP contribution in [-0.2, 0) is 6.42 Å². The summed E-state index contributed by atoms with van der Waals surface area (Å²) in [6, 6.07) is 9.42. The second-order valence-corrected chi connectivity index (χ2v) is 2.95. The molecule has 1 aromatic heterocycles. The zero-order valence-electron chi connectivity index (χ0n) is 9.41. The van der Waals surface area contributed by atoms with Crippen LogP contribution in [0.2, 0.25) is 0 Å². The van der Waals surface area contributed by atoms with Crippen LogP contribution in [0.5, 0.6) is 0 Å². The van der Waals surface area contributed by atoms with Crippen molar-refractivity contribution in [3.63, 3.8) is 0 Å². The van der Waals surface area contributed by atoms with Crippen molar-refractivity contribution in [2.75, 3.05) is 0 Å². The standard InChI is InChI=1S/C11H10O2.C2H6/c1-2-8-7-9-5-3-4-6-10(9)13-11(8)12;1-2/h3-7H,2H2,1H3;1-2H3. The summed E-state index contributed by atoms with van der Waals surface area (Å²) in [4.78, 5) is 11.3. The van der Waals surface area contributed by atoms with Crippen LogP contribution in [0.25, 0.3) is 11.0 Å². The van der Waals surface area contributed by atoms with Gasteiger partial charge in [0.1, 0.15) is 5.58 Å². The van der Waals surface area contributed by atoms with Crippen molar-refractivity contribution in [1.29, 1.82) is 0 Å². The van der Waals surface area contributed by atoms with Crippen molar-refractivity contribution in [1.82, 2.24) is 0 Å². The fourth-order valence-electron chi connectivity index (χ4n) is 1.35. The van der Waals surface area contributed by atoms with Crippen LogP contribution in [0, 0.1) is 0 Å². The maximum absolute atomic E-state index is 11.3. The molecular weight excluding hydrogens is 188 g/mol. The molecular formula is C13H16O2. The van der Waals surface area contributed by atoms with Gasteiger partial charge in [0.2, 0.25) is 0 Å². The molecule has 0 radical (unpaired) electrons. The first kappa shape index (κ1) is 11.5. The van der Waals surface area contributed by atoms with Crippen LogP contribution in [0.15, 0.2) is 39.5 Å². The molecule has 80 valence electrons. The van der Waals surface area contributed by atoms with E-state index in [-0.39, 0.29) is 5.63 Å². The monoisotopic (exact) mass is 204 g/mol. The van der Waals surface area contributed by atoms with Gasteiger partial charge in [-0.05, 0) is 18.6 Å². The quantitative estimate of drug-likeness (QED) is 0.666. The lowest BCUT2D eigenvalue weighted by Gasteiger charge is -1.97. The molecule has 2 aromatic rings. The molecule has 1 heterocycles. The Kier molecular flexibility index (Phi) is 4.10. The number of hydrogen-bond donors (Lipinski definition) is 0. The van der Waals surface area contributed by atoms with E-state index in [9.17, 15) is 4.79 Å². The van der Waals surface area contributed by atoms with Gasteiger partial charge in [0.15, 0.2) is 0 Å². The Hall–Kier alpha value is -1.57. The molecule has 0 N–H and O–H groups in total. The second-order valence-electron chi connectivity index (χ2n) is 2.95. The molecule has 0 saturated carbocycles. The first-order chi connectivity index (χ1) is 7.31. The molecule has 0 fully saturated rings. The Labute approximate surface area is 89.5 Å². The van der Waals surface area contributed by atoms with E-state index in [1.54, 1.807) is 6.07 Å². The number of rotatable bonds is 1. The Morgan fingerprint density at radius 1 is 1.20 bits per heavy atom. The Balaban J connectivity index is 0.000000531. The molecule has 2 heteroatoms. The van der Waals surface area contributed by atoms with Gasteiger partial charge in [-0.1, -0.05) is 39.0 Å². The maximum Gasteiger partial charge on any atom is 0.339 e. The van der Waals surface area contributed by atoms with Gasteiger partial charge in [-0.2, -0.15) is 0 Å². The summed E-state index contributed by atoms with van der Waals surface area (Å²) in [5, 5.41) is 0.985. The van der Waals surface area contributed by atoms with Crippen LogP contribution in [0.4, 0.5) is 0 Å². The summed E-state index contributed by atoms with van der Waals surface area (Å²) in [5.41, 5.74) is 1.17. The van der Waals surface area contributed by atoms with E-state index in [1.807, 2.05) is 45.0 Å². The van der Waals surface area contributed by atoms with Crippen LogP contribution < -0.4 is 5.63 Å². The average Bonchev–Trinajstić information content (AvgIpc) is 2.31. The Bertz CT molecular complexity index is 483. The first-order valence-electron chi connectivity index (χ1n) is 5.33. The van der Waals surface area contributed by atoms with Crippen molar-refractivity contribution in [3.05, 3.63) is 46.3 Å². The molecule has 0 spiro atoms. The van der Waals surface area contributed by atoms with Crippen molar-refractivity contribution in [2.24, 2.45) is 0 Å². The minimum atomic E-state index is -0.221. The first-order valence-corrected chi connectivity index (χ1v) is 5.33. The van der Waals surface area contributed by atoms with Gasteiger partial charge in [-0.15, -0.1) is 0 Å². The summed E-state index contributed by atoms with van der Waals surface area (Å²) < 4.78 is 5.13. The van der Waals surface area contributed by atoms with Crippen molar-refractivity contribution < 1.29 is 4.42 Å². The lowest BCUT2D eigenvalue weighted by Crippen LogP contribution is -2.05. The topological polar surface area (TPSA) is 30.2 Å². The molecule has 0 amide bonds. The van der Waals surface area contributed by atoms with Gasteiger partial charge in [0.05, 0.1) is 0 Å². The summed E-state index contributed by atoms with van der Waals surface area (Å²) in [6.45, 7) is 5.95. The molecule has 0 bridgehead atoms. The third-order valence-corrected chi connectivity index (χ3v) is 2.09. The SMILES string of the molecule is CC.CCc1cc2ccccc2oc1=O. The van der Waals surface area contributed by atoms with E-state index in [0.29, 0.717) is 12.0 Å². The number of aryl methyl sites for hydroxylation is 1. The van der Waals surface area contributed by atoms with E-state index in [0.717, 1.165) is 10.9 Å². The van der Waals surface area contributed by atoms with Gasteiger partial charge in [0, 0.05) is 10.9 Å². The smallest absolute Gasteiger partial charge is 0.339 e.